The van der Waals surface area contributed by atoms with Gasteiger partial charge in [-0.2, -0.15) is 0 Å². The third-order valence-corrected chi connectivity index (χ3v) is 4.66. The Hall–Kier alpha value is -3.19. The molecular weight excluding hydrogens is 364 g/mol. The van der Waals surface area contributed by atoms with Crippen LogP contribution in [0.5, 0.6) is 5.75 Å². The number of nitrogens with one attached hydrogen (secondary N) is 3. The summed E-state index contributed by atoms with van der Waals surface area (Å²) < 4.78 is 5.47. The van der Waals surface area contributed by atoms with Gasteiger partial charge in [-0.1, -0.05) is 25.1 Å². The molecule has 29 heavy (non-hydrogen) atoms. The van der Waals surface area contributed by atoms with Crippen molar-refractivity contribution < 1.29 is 4.74 Å². The van der Waals surface area contributed by atoms with Crippen molar-refractivity contribution in [2.75, 3.05) is 44.4 Å². The van der Waals surface area contributed by atoms with Crippen LogP contribution in [0.25, 0.3) is 11.3 Å². The molecule has 0 bridgehead atoms. The van der Waals surface area contributed by atoms with Crippen LogP contribution in [0.4, 0.5) is 11.5 Å². The van der Waals surface area contributed by atoms with E-state index in [0.29, 0.717) is 0 Å². The van der Waals surface area contributed by atoms with Crippen molar-refractivity contribution in [3.63, 3.8) is 0 Å². The molecule has 0 radical (unpaired) electrons. The molecule has 0 unspecified atom stereocenters. The SMILES string of the molecule is CNCCNc1cncc(-c2cc(NC[C@@H](C)c3ccccc3OC)ncn2)c1. The molecule has 3 aromatic rings. The molecule has 0 saturated heterocycles. The summed E-state index contributed by atoms with van der Waals surface area (Å²) in [4.78, 5) is 13.1. The molecule has 2 heterocycles. The normalized spacial score (nSPS) is 11.7. The third-order valence-electron chi connectivity index (χ3n) is 4.66. The van der Waals surface area contributed by atoms with Gasteiger partial charge in [-0.3, -0.25) is 4.98 Å². The number of methoxy groups -OCH3 is 1. The van der Waals surface area contributed by atoms with Crippen molar-refractivity contribution in [1.29, 1.82) is 0 Å². The van der Waals surface area contributed by atoms with E-state index in [-0.39, 0.29) is 5.92 Å². The van der Waals surface area contributed by atoms with Gasteiger partial charge in [-0.15, -0.1) is 0 Å². The lowest BCUT2D eigenvalue weighted by atomic mass is 10.00. The Labute approximate surface area is 172 Å². The summed E-state index contributed by atoms with van der Waals surface area (Å²) >= 11 is 0. The first-order valence-corrected chi connectivity index (χ1v) is 9.74. The highest BCUT2D eigenvalue weighted by atomic mass is 16.5. The molecule has 1 aromatic carbocycles. The molecule has 0 amide bonds. The second kappa shape index (κ2) is 10.4. The number of anilines is 2. The number of nitrogens with zero attached hydrogens (tertiary/aromatic N) is 3. The van der Waals surface area contributed by atoms with Gasteiger partial charge in [0.1, 0.15) is 17.9 Å². The van der Waals surface area contributed by atoms with E-state index in [0.717, 1.165) is 48.1 Å². The Kier molecular flexibility index (Phi) is 7.35. The monoisotopic (exact) mass is 392 g/mol. The molecule has 0 fully saturated rings. The smallest absolute Gasteiger partial charge is 0.129 e. The number of pyridine rings is 1. The van der Waals surface area contributed by atoms with E-state index in [1.165, 1.54) is 5.56 Å². The van der Waals surface area contributed by atoms with Crippen molar-refractivity contribution in [3.8, 4) is 17.0 Å². The predicted octanol–water partition coefficient (Wildman–Crippen LogP) is 3.39. The molecule has 7 nitrogen and oxygen atoms in total. The van der Waals surface area contributed by atoms with Crippen LogP contribution >= 0.6 is 0 Å². The number of ether oxygens (including phenoxy) is 1. The van der Waals surface area contributed by atoms with Gasteiger partial charge in [-0.05, 0) is 24.7 Å². The Bertz CT molecular complexity index is 917. The number of hydrogen-bond donors (Lipinski definition) is 3. The Morgan fingerprint density at radius 3 is 2.72 bits per heavy atom. The maximum atomic E-state index is 5.47. The highest BCUT2D eigenvalue weighted by molar-refractivity contribution is 5.65. The lowest BCUT2D eigenvalue weighted by Crippen LogP contribution is -2.17. The number of rotatable bonds is 10. The first-order chi connectivity index (χ1) is 14.2. The zero-order valence-corrected chi connectivity index (χ0v) is 17.1. The molecule has 2 aromatic heterocycles. The topological polar surface area (TPSA) is 84.0 Å². The van der Waals surface area contributed by atoms with Gasteiger partial charge in [0.05, 0.1) is 18.5 Å². The van der Waals surface area contributed by atoms with Gasteiger partial charge in [0.2, 0.25) is 0 Å². The van der Waals surface area contributed by atoms with Crippen LogP contribution < -0.4 is 20.7 Å². The highest BCUT2D eigenvalue weighted by Gasteiger charge is 2.11. The maximum Gasteiger partial charge on any atom is 0.129 e. The number of hydrogen-bond acceptors (Lipinski definition) is 7. The third kappa shape index (κ3) is 5.65. The molecule has 1 atom stereocenters. The highest BCUT2D eigenvalue weighted by Crippen LogP contribution is 2.27. The van der Waals surface area contributed by atoms with Gasteiger partial charge >= 0.3 is 0 Å². The Morgan fingerprint density at radius 1 is 1.03 bits per heavy atom. The molecule has 0 spiro atoms. The van der Waals surface area contributed by atoms with E-state index in [1.54, 1.807) is 13.4 Å². The average Bonchev–Trinajstić information content (AvgIpc) is 2.78. The maximum absolute atomic E-state index is 5.47. The van der Waals surface area contributed by atoms with Crippen LogP contribution in [0.1, 0.15) is 18.4 Å². The fraction of sp³-hybridized carbons (Fsp3) is 0.318. The first kappa shape index (κ1) is 20.5. The molecule has 0 saturated carbocycles. The molecule has 0 aliphatic rings. The van der Waals surface area contributed by atoms with Crippen molar-refractivity contribution in [3.05, 3.63) is 60.7 Å². The van der Waals surface area contributed by atoms with Gasteiger partial charge < -0.3 is 20.7 Å². The quantitative estimate of drug-likeness (QED) is 0.456. The Balaban J connectivity index is 1.67. The Morgan fingerprint density at radius 2 is 1.90 bits per heavy atom. The van der Waals surface area contributed by atoms with E-state index >= 15 is 0 Å². The minimum Gasteiger partial charge on any atom is -0.496 e. The van der Waals surface area contributed by atoms with Crippen LogP contribution in [0.3, 0.4) is 0 Å². The van der Waals surface area contributed by atoms with Gasteiger partial charge in [0, 0.05) is 49.6 Å². The van der Waals surface area contributed by atoms with Crippen molar-refractivity contribution in [2.24, 2.45) is 0 Å². The van der Waals surface area contributed by atoms with E-state index in [2.05, 4.69) is 43.9 Å². The van der Waals surface area contributed by atoms with Crippen LogP contribution in [-0.2, 0) is 0 Å². The molecule has 0 aliphatic heterocycles. The zero-order valence-electron chi connectivity index (χ0n) is 17.1. The summed E-state index contributed by atoms with van der Waals surface area (Å²) in [5, 5.41) is 9.87. The molecule has 3 rings (SSSR count). The molecule has 0 aliphatic carbocycles. The summed E-state index contributed by atoms with van der Waals surface area (Å²) in [6, 6.07) is 12.1. The lowest BCUT2D eigenvalue weighted by molar-refractivity contribution is 0.407. The molecule has 3 N–H and O–H groups in total. The summed E-state index contributed by atoms with van der Waals surface area (Å²) in [5.74, 6) is 1.95. The summed E-state index contributed by atoms with van der Waals surface area (Å²) in [5.41, 5.74) is 3.91. The fourth-order valence-electron chi connectivity index (χ4n) is 3.06. The van der Waals surface area contributed by atoms with Crippen LogP contribution in [0.2, 0.25) is 0 Å². The zero-order chi connectivity index (χ0) is 20.5. The van der Waals surface area contributed by atoms with Crippen molar-refractivity contribution in [1.82, 2.24) is 20.3 Å². The van der Waals surface area contributed by atoms with Gasteiger partial charge in [-0.25, -0.2) is 9.97 Å². The van der Waals surface area contributed by atoms with E-state index in [4.69, 9.17) is 4.74 Å². The number of benzene rings is 1. The summed E-state index contributed by atoms with van der Waals surface area (Å²) in [6.45, 7) is 4.62. The standard InChI is InChI=1S/C22H28N6O/c1-16(19-6-4-5-7-21(19)29-3)12-26-22-11-20(27-15-28-22)17-10-18(14-24-13-17)25-9-8-23-2/h4-7,10-11,13-16,23,25H,8-9,12H2,1-3H3,(H,26,27,28)/t16-/m1/s1. The number of para-hydroxylation sites is 1. The minimum atomic E-state index is 0.269. The largest absolute Gasteiger partial charge is 0.496 e. The lowest BCUT2D eigenvalue weighted by Gasteiger charge is -2.16. The molecule has 7 heteroatoms. The van der Waals surface area contributed by atoms with Crippen molar-refractivity contribution in [2.45, 2.75) is 12.8 Å². The van der Waals surface area contributed by atoms with Crippen molar-refractivity contribution >= 4 is 11.5 Å². The van der Waals surface area contributed by atoms with Crippen LogP contribution in [-0.4, -0.2) is 48.7 Å². The second-order valence-electron chi connectivity index (χ2n) is 6.81. The summed E-state index contributed by atoms with van der Waals surface area (Å²) in [7, 11) is 3.63. The fourth-order valence-corrected chi connectivity index (χ4v) is 3.06. The summed E-state index contributed by atoms with van der Waals surface area (Å²) in [6.07, 6.45) is 5.20. The second-order valence-corrected chi connectivity index (χ2v) is 6.81. The van der Waals surface area contributed by atoms with Crippen LogP contribution in [0, 0.1) is 0 Å². The number of aromatic nitrogens is 3. The van der Waals surface area contributed by atoms with E-state index in [9.17, 15) is 0 Å². The predicted molar refractivity (Wildman–Crippen MR) is 118 cm³/mol. The van der Waals surface area contributed by atoms with Gasteiger partial charge in [0.15, 0.2) is 0 Å². The first-order valence-electron chi connectivity index (χ1n) is 9.74. The molecular formula is C22H28N6O. The van der Waals surface area contributed by atoms with E-state index < -0.39 is 0 Å². The number of likely N-dealkylation sites (N-methyl/N-ethyl adjacent to an activating group) is 1. The van der Waals surface area contributed by atoms with Crippen LogP contribution in [0.15, 0.2) is 55.1 Å². The minimum absolute atomic E-state index is 0.269. The average molecular weight is 393 g/mol. The van der Waals surface area contributed by atoms with E-state index in [1.807, 2.05) is 49.8 Å². The van der Waals surface area contributed by atoms with Gasteiger partial charge in [0.25, 0.3) is 0 Å². The molecule has 152 valence electrons.